The van der Waals surface area contributed by atoms with Gasteiger partial charge in [-0.3, -0.25) is 4.79 Å². The van der Waals surface area contributed by atoms with Crippen molar-refractivity contribution in [3.63, 3.8) is 0 Å². The van der Waals surface area contributed by atoms with Crippen LogP contribution in [0.2, 0.25) is 0 Å². The lowest BCUT2D eigenvalue weighted by Gasteiger charge is -2.55. The average molecular weight is 507 g/mol. The zero-order chi connectivity index (χ0) is 25.6. The minimum atomic E-state index is -0.468. The van der Waals surface area contributed by atoms with Crippen LogP contribution in [0.4, 0.5) is 4.39 Å². The number of aromatic nitrogens is 3. The number of aryl methyl sites for hydroxylation is 1. The van der Waals surface area contributed by atoms with E-state index in [-0.39, 0.29) is 23.0 Å². The van der Waals surface area contributed by atoms with Crippen molar-refractivity contribution in [2.75, 3.05) is 40.0 Å². The van der Waals surface area contributed by atoms with Gasteiger partial charge in [0.2, 0.25) is 11.8 Å². The van der Waals surface area contributed by atoms with Crippen LogP contribution in [0.25, 0.3) is 21.8 Å². The van der Waals surface area contributed by atoms with E-state index in [1.807, 2.05) is 11.8 Å². The number of fused-ring (bicyclic) bond motifs is 2. The van der Waals surface area contributed by atoms with E-state index < -0.39 is 5.82 Å². The maximum absolute atomic E-state index is 15.1. The zero-order valence-corrected chi connectivity index (χ0v) is 20.7. The van der Waals surface area contributed by atoms with E-state index in [1.165, 1.54) is 13.4 Å². The van der Waals surface area contributed by atoms with Gasteiger partial charge >= 0.3 is 0 Å². The highest BCUT2D eigenvalue weighted by Gasteiger charge is 2.50. The fourth-order valence-corrected chi connectivity index (χ4v) is 4.94. The summed E-state index contributed by atoms with van der Waals surface area (Å²) < 4.78 is 37.7. The number of aromatic amines is 1. The Morgan fingerprint density at radius 2 is 1.97 bits per heavy atom. The highest BCUT2D eigenvalue weighted by Crippen LogP contribution is 2.39. The van der Waals surface area contributed by atoms with E-state index in [2.05, 4.69) is 15.0 Å². The van der Waals surface area contributed by atoms with Gasteiger partial charge in [0, 0.05) is 42.2 Å². The van der Waals surface area contributed by atoms with Crippen molar-refractivity contribution in [3.05, 3.63) is 48.2 Å². The number of nitrogens with zero attached hydrogens (tertiary/aromatic N) is 3. The maximum Gasteiger partial charge on any atom is 0.230 e. The summed E-state index contributed by atoms with van der Waals surface area (Å²) >= 11 is 0. The second kappa shape index (κ2) is 9.19. The van der Waals surface area contributed by atoms with Crippen molar-refractivity contribution in [1.29, 1.82) is 0 Å². The first-order valence-corrected chi connectivity index (χ1v) is 12.2. The Labute approximate surface area is 212 Å². The smallest absolute Gasteiger partial charge is 0.230 e. The summed E-state index contributed by atoms with van der Waals surface area (Å²) in [6.45, 7) is 5.32. The van der Waals surface area contributed by atoms with Gasteiger partial charge in [0.1, 0.15) is 6.33 Å². The summed E-state index contributed by atoms with van der Waals surface area (Å²) in [4.78, 5) is 25.9. The van der Waals surface area contributed by atoms with E-state index in [0.717, 1.165) is 32.0 Å². The molecule has 37 heavy (non-hydrogen) atoms. The van der Waals surface area contributed by atoms with Crippen molar-refractivity contribution in [2.24, 2.45) is 5.41 Å². The number of amides is 1. The second-order valence-corrected chi connectivity index (χ2v) is 9.79. The van der Waals surface area contributed by atoms with E-state index in [1.54, 1.807) is 30.3 Å². The topological polar surface area (TPSA) is 98.8 Å². The molecule has 0 unspecified atom stereocenters. The summed E-state index contributed by atoms with van der Waals surface area (Å²) in [7, 11) is 1.54. The van der Waals surface area contributed by atoms with Crippen molar-refractivity contribution < 1.29 is 28.1 Å². The standard InChI is InChI=1S/C27H27FN4O5/c1-16-8-17-19(31-16)5-6-21(25(17)28)37-26-18-9-22(34-2)23(10-20(18)29-15-30-26)36-7-3-4-24(33)32-11-27(12-32)13-35-14-27/h5-6,8-10,15,31H,3-4,7,11-14H2,1-2H3. The number of benzene rings is 2. The molecule has 1 spiro atoms. The fourth-order valence-electron chi connectivity index (χ4n) is 4.94. The summed E-state index contributed by atoms with van der Waals surface area (Å²) in [5.74, 6) is 0.900. The molecule has 0 atom stereocenters. The van der Waals surface area contributed by atoms with Gasteiger partial charge < -0.3 is 28.8 Å². The molecule has 6 rings (SSSR count). The first-order chi connectivity index (χ1) is 17.9. The van der Waals surface area contributed by atoms with Crippen LogP contribution < -0.4 is 14.2 Å². The number of hydrogen-bond donors (Lipinski definition) is 1. The monoisotopic (exact) mass is 506 g/mol. The number of rotatable bonds is 8. The third-order valence-electron chi connectivity index (χ3n) is 6.94. The Hall–Kier alpha value is -3.92. The van der Waals surface area contributed by atoms with Crippen LogP contribution in [0, 0.1) is 18.2 Å². The van der Waals surface area contributed by atoms with Crippen LogP contribution in [0.3, 0.4) is 0 Å². The average Bonchev–Trinajstić information content (AvgIpc) is 3.22. The van der Waals surface area contributed by atoms with Crippen molar-refractivity contribution >= 4 is 27.7 Å². The van der Waals surface area contributed by atoms with Gasteiger partial charge in [-0.15, -0.1) is 0 Å². The number of likely N-dealkylation sites (tertiary alicyclic amines) is 1. The molecule has 4 aromatic rings. The molecule has 0 bridgehead atoms. The summed E-state index contributed by atoms with van der Waals surface area (Å²) in [5.41, 5.74) is 2.33. The zero-order valence-electron chi connectivity index (χ0n) is 20.7. The van der Waals surface area contributed by atoms with Gasteiger partial charge in [-0.1, -0.05) is 0 Å². The predicted octanol–water partition coefficient (Wildman–Crippen LogP) is 4.38. The summed E-state index contributed by atoms with van der Waals surface area (Å²) in [6, 6.07) is 8.51. The molecule has 9 nitrogen and oxygen atoms in total. The third-order valence-corrected chi connectivity index (χ3v) is 6.94. The van der Waals surface area contributed by atoms with E-state index in [0.29, 0.717) is 52.8 Å². The van der Waals surface area contributed by atoms with Crippen LogP contribution in [-0.4, -0.2) is 65.8 Å². The van der Waals surface area contributed by atoms with E-state index in [4.69, 9.17) is 18.9 Å². The third kappa shape index (κ3) is 4.31. The molecule has 0 radical (unpaired) electrons. The molecule has 4 heterocycles. The largest absolute Gasteiger partial charge is 0.493 e. The number of methoxy groups -OCH3 is 1. The van der Waals surface area contributed by atoms with E-state index >= 15 is 4.39 Å². The van der Waals surface area contributed by atoms with Crippen LogP contribution >= 0.6 is 0 Å². The molecule has 2 fully saturated rings. The molecule has 0 saturated carbocycles. The molecule has 2 aliphatic heterocycles. The minimum Gasteiger partial charge on any atom is -0.493 e. The number of carbonyl (C=O) groups is 1. The Balaban J connectivity index is 1.14. The molecular formula is C27H27FN4O5. The minimum absolute atomic E-state index is 0.0633. The lowest BCUT2D eigenvalue weighted by atomic mass is 9.78. The van der Waals surface area contributed by atoms with Crippen LogP contribution in [0.15, 0.2) is 36.7 Å². The van der Waals surface area contributed by atoms with Gasteiger partial charge in [0.05, 0.1) is 43.2 Å². The lowest BCUT2D eigenvalue weighted by molar-refractivity contribution is -0.195. The number of H-pyrrole nitrogens is 1. The van der Waals surface area contributed by atoms with Crippen molar-refractivity contribution in [1.82, 2.24) is 19.9 Å². The Bertz CT molecular complexity index is 1490. The molecule has 2 aromatic heterocycles. The molecular weight excluding hydrogens is 479 g/mol. The predicted molar refractivity (Wildman–Crippen MR) is 134 cm³/mol. The van der Waals surface area contributed by atoms with Crippen molar-refractivity contribution in [3.8, 4) is 23.1 Å². The molecule has 192 valence electrons. The number of carbonyl (C=O) groups excluding carboxylic acids is 1. The number of ether oxygens (including phenoxy) is 4. The summed E-state index contributed by atoms with van der Waals surface area (Å²) in [6.07, 6.45) is 2.36. The van der Waals surface area contributed by atoms with Crippen LogP contribution in [-0.2, 0) is 9.53 Å². The molecule has 0 aliphatic carbocycles. The highest BCUT2D eigenvalue weighted by molar-refractivity contribution is 5.87. The first kappa shape index (κ1) is 23.5. The Morgan fingerprint density at radius 1 is 1.14 bits per heavy atom. The Kier molecular flexibility index (Phi) is 5.83. The first-order valence-electron chi connectivity index (χ1n) is 12.2. The van der Waals surface area contributed by atoms with Crippen molar-refractivity contribution in [2.45, 2.75) is 19.8 Å². The summed E-state index contributed by atoms with van der Waals surface area (Å²) in [5, 5.41) is 1.00. The van der Waals surface area contributed by atoms with Gasteiger partial charge in [-0.05, 0) is 37.6 Å². The fraction of sp³-hybridized carbons (Fsp3) is 0.370. The van der Waals surface area contributed by atoms with Gasteiger partial charge in [0.25, 0.3) is 0 Å². The molecule has 1 amide bonds. The normalized spacial score (nSPS) is 16.0. The van der Waals surface area contributed by atoms with E-state index in [9.17, 15) is 4.79 Å². The van der Waals surface area contributed by atoms with Gasteiger partial charge in [-0.2, -0.15) is 0 Å². The molecule has 2 aromatic carbocycles. The Morgan fingerprint density at radius 3 is 2.73 bits per heavy atom. The SMILES string of the molecule is COc1cc2c(Oc3ccc4[nH]c(C)cc4c3F)ncnc2cc1OCCCC(=O)N1CC2(COC2)C1. The van der Waals surface area contributed by atoms with Gasteiger partial charge in [-0.25, -0.2) is 14.4 Å². The maximum atomic E-state index is 15.1. The highest BCUT2D eigenvalue weighted by atomic mass is 19.1. The van der Waals surface area contributed by atoms with Gasteiger partial charge in [0.15, 0.2) is 23.1 Å². The quantitative estimate of drug-likeness (QED) is 0.354. The van der Waals surface area contributed by atoms with Crippen LogP contribution in [0.1, 0.15) is 18.5 Å². The number of nitrogens with one attached hydrogen (secondary N) is 1. The lowest BCUT2D eigenvalue weighted by Crippen LogP contribution is -2.67. The molecule has 10 heteroatoms. The number of hydrogen-bond acceptors (Lipinski definition) is 7. The number of halogens is 1. The molecule has 2 aliphatic rings. The van der Waals surface area contributed by atoms with Crippen LogP contribution in [0.5, 0.6) is 23.1 Å². The molecule has 1 N–H and O–H groups in total. The second-order valence-electron chi connectivity index (χ2n) is 9.79. The molecule has 2 saturated heterocycles.